The molecule has 1 aromatic rings. The Balaban J connectivity index is 1.94. The Morgan fingerprint density at radius 1 is 1.21 bits per heavy atom. The number of amides is 3. The number of ether oxygens (including phenoxy) is 1. The van der Waals surface area contributed by atoms with Crippen molar-refractivity contribution in [2.45, 2.75) is 45.4 Å². The SMILES string of the molecule is CC(C)C(NC(=O)OCc1ccccc1)C(=O)NC1CCCN(C)C(=O)C1=O. The molecule has 0 saturated carbocycles. The first-order valence-corrected chi connectivity index (χ1v) is 9.36. The highest BCUT2D eigenvalue weighted by Crippen LogP contribution is 2.10. The second-order valence-electron chi connectivity index (χ2n) is 7.22. The zero-order valence-corrected chi connectivity index (χ0v) is 16.4. The van der Waals surface area contributed by atoms with E-state index in [9.17, 15) is 19.2 Å². The Labute approximate surface area is 164 Å². The van der Waals surface area contributed by atoms with Crippen LogP contribution in [0.3, 0.4) is 0 Å². The second-order valence-corrected chi connectivity index (χ2v) is 7.22. The fraction of sp³-hybridized carbons (Fsp3) is 0.500. The average Bonchev–Trinajstić information content (AvgIpc) is 2.79. The number of Topliss-reactive ketones (excluding diaryl/α,β-unsaturated/α-hetero) is 1. The van der Waals surface area contributed by atoms with Crippen LogP contribution in [-0.4, -0.2) is 54.3 Å². The number of carbonyl (C=O) groups excluding carboxylic acids is 4. The van der Waals surface area contributed by atoms with Crippen LogP contribution in [0.1, 0.15) is 32.3 Å². The van der Waals surface area contributed by atoms with Gasteiger partial charge in [-0.3, -0.25) is 14.4 Å². The van der Waals surface area contributed by atoms with E-state index in [2.05, 4.69) is 10.6 Å². The lowest BCUT2D eigenvalue weighted by molar-refractivity contribution is -0.144. The lowest BCUT2D eigenvalue weighted by Gasteiger charge is -2.24. The van der Waals surface area contributed by atoms with Crippen LogP contribution in [-0.2, 0) is 25.7 Å². The van der Waals surface area contributed by atoms with Gasteiger partial charge in [-0.05, 0) is 24.3 Å². The van der Waals surface area contributed by atoms with Gasteiger partial charge in [-0.1, -0.05) is 44.2 Å². The van der Waals surface area contributed by atoms with Crippen molar-refractivity contribution in [1.82, 2.24) is 15.5 Å². The third-order valence-corrected chi connectivity index (χ3v) is 4.61. The molecule has 1 aliphatic rings. The van der Waals surface area contributed by atoms with Gasteiger partial charge in [0.25, 0.3) is 5.91 Å². The first-order chi connectivity index (χ1) is 13.3. The number of rotatable bonds is 6. The minimum absolute atomic E-state index is 0.0844. The molecular formula is C20H27N3O5. The monoisotopic (exact) mass is 389 g/mol. The predicted molar refractivity (Wildman–Crippen MR) is 102 cm³/mol. The molecule has 28 heavy (non-hydrogen) atoms. The molecule has 2 unspecified atom stereocenters. The van der Waals surface area contributed by atoms with Crippen LogP contribution in [0, 0.1) is 5.92 Å². The van der Waals surface area contributed by atoms with Crippen molar-refractivity contribution in [2.75, 3.05) is 13.6 Å². The zero-order valence-electron chi connectivity index (χ0n) is 16.4. The lowest BCUT2D eigenvalue weighted by Crippen LogP contribution is -2.54. The number of nitrogens with zero attached hydrogens (tertiary/aromatic N) is 1. The van der Waals surface area contributed by atoms with Gasteiger partial charge in [-0.2, -0.15) is 0 Å². The van der Waals surface area contributed by atoms with Crippen LogP contribution in [0.25, 0.3) is 0 Å². The number of hydrogen-bond acceptors (Lipinski definition) is 5. The summed E-state index contributed by atoms with van der Waals surface area (Å²) in [7, 11) is 1.56. The van der Waals surface area contributed by atoms with E-state index >= 15 is 0 Å². The van der Waals surface area contributed by atoms with E-state index in [0.29, 0.717) is 19.4 Å². The highest BCUT2D eigenvalue weighted by molar-refractivity contribution is 6.38. The molecule has 2 rings (SSSR count). The number of likely N-dealkylation sites (N-methyl/N-ethyl adjacent to an activating group) is 1. The Hall–Kier alpha value is -2.90. The van der Waals surface area contributed by atoms with Crippen molar-refractivity contribution < 1.29 is 23.9 Å². The van der Waals surface area contributed by atoms with Gasteiger partial charge in [0.05, 0.1) is 6.04 Å². The lowest BCUT2D eigenvalue weighted by atomic mass is 10.0. The fourth-order valence-corrected chi connectivity index (χ4v) is 2.93. The zero-order chi connectivity index (χ0) is 20.7. The maximum atomic E-state index is 12.7. The van der Waals surface area contributed by atoms with E-state index in [-0.39, 0.29) is 12.5 Å². The standard InChI is InChI=1S/C20H27N3O5/c1-13(2)16(22-20(27)28-12-14-8-5-4-6-9-14)18(25)21-15-10-7-11-23(3)19(26)17(15)24/h4-6,8-9,13,15-16H,7,10-12H2,1-3H3,(H,21,25)(H,22,27). The minimum atomic E-state index is -0.882. The van der Waals surface area contributed by atoms with Crippen molar-refractivity contribution in [1.29, 1.82) is 0 Å². The molecule has 3 amide bonds. The van der Waals surface area contributed by atoms with Gasteiger partial charge in [0, 0.05) is 13.6 Å². The average molecular weight is 389 g/mol. The number of hydrogen-bond donors (Lipinski definition) is 2. The van der Waals surface area contributed by atoms with Crippen LogP contribution < -0.4 is 10.6 Å². The number of benzene rings is 1. The number of likely N-dealkylation sites (tertiary alicyclic amines) is 1. The number of carbonyl (C=O) groups is 4. The van der Waals surface area contributed by atoms with Crippen molar-refractivity contribution in [3.63, 3.8) is 0 Å². The van der Waals surface area contributed by atoms with Crippen LogP contribution in [0.2, 0.25) is 0 Å². The van der Waals surface area contributed by atoms with Gasteiger partial charge in [0.1, 0.15) is 12.6 Å². The minimum Gasteiger partial charge on any atom is -0.445 e. The van der Waals surface area contributed by atoms with E-state index in [4.69, 9.17) is 4.74 Å². The molecule has 8 nitrogen and oxygen atoms in total. The molecule has 1 saturated heterocycles. The Morgan fingerprint density at radius 2 is 1.89 bits per heavy atom. The number of nitrogens with one attached hydrogen (secondary N) is 2. The van der Waals surface area contributed by atoms with Gasteiger partial charge in [0.2, 0.25) is 11.7 Å². The smallest absolute Gasteiger partial charge is 0.408 e. The summed E-state index contributed by atoms with van der Waals surface area (Å²) in [6, 6.07) is 7.42. The summed E-state index contributed by atoms with van der Waals surface area (Å²) >= 11 is 0. The Morgan fingerprint density at radius 3 is 2.54 bits per heavy atom. The third-order valence-electron chi connectivity index (χ3n) is 4.61. The summed E-state index contributed by atoms with van der Waals surface area (Å²) in [4.78, 5) is 50.3. The first kappa shape index (κ1) is 21.4. The van der Waals surface area contributed by atoms with E-state index in [1.165, 1.54) is 4.90 Å². The number of ketones is 1. The van der Waals surface area contributed by atoms with Gasteiger partial charge < -0.3 is 20.3 Å². The van der Waals surface area contributed by atoms with Crippen molar-refractivity contribution in [3.8, 4) is 0 Å². The van der Waals surface area contributed by atoms with Gasteiger partial charge >= 0.3 is 6.09 Å². The topological polar surface area (TPSA) is 105 Å². The summed E-state index contributed by atoms with van der Waals surface area (Å²) < 4.78 is 5.16. The molecule has 1 fully saturated rings. The highest BCUT2D eigenvalue weighted by atomic mass is 16.5. The molecule has 1 aliphatic heterocycles. The summed E-state index contributed by atoms with van der Waals surface area (Å²) in [5, 5.41) is 5.16. The summed E-state index contributed by atoms with van der Waals surface area (Å²) in [6.07, 6.45) is 0.266. The molecule has 1 heterocycles. The van der Waals surface area contributed by atoms with Crippen LogP contribution in [0.5, 0.6) is 0 Å². The summed E-state index contributed by atoms with van der Waals surface area (Å²) in [5.74, 6) is -1.99. The molecule has 0 spiro atoms. The summed E-state index contributed by atoms with van der Waals surface area (Å²) in [5.41, 5.74) is 0.829. The van der Waals surface area contributed by atoms with E-state index in [1.807, 2.05) is 30.3 Å². The van der Waals surface area contributed by atoms with Gasteiger partial charge in [-0.15, -0.1) is 0 Å². The maximum Gasteiger partial charge on any atom is 0.408 e. The quantitative estimate of drug-likeness (QED) is 0.713. The molecule has 8 heteroatoms. The Kier molecular flexibility index (Phi) is 7.54. The molecule has 1 aromatic carbocycles. The summed E-state index contributed by atoms with van der Waals surface area (Å²) in [6.45, 7) is 4.10. The van der Waals surface area contributed by atoms with Crippen LogP contribution in [0.4, 0.5) is 4.79 Å². The van der Waals surface area contributed by atoms with Gasteiger partial charge in [-0.25, -0.2) is 4.79 Å². The fourth-order valence-electron chi connectivity index (χ4n) is 2.93. The molecule has 0 aliphatic carbocycles. The largest absolute Gasteiger partial charge is 0.445 e. The van der Waals surface area contributed by atoms with E-state index < -0.39 is 35.8 Å². The molecule has 152 valence electrons. The van der Waals surface area contributed by atoms with Gasteiger partial charge in [0.15, 0.2) is 0 Å². The van der Waals surface area contributed by atoms with Crippen molar-refractivity contribution in [3.05, 3.63) is 35.9 Å². The molecular weight excluding hydrogens is 362 g/mol. The highest BCUT2D eigenvalue weighted by Gasteiger charge is 2.34. The van der Waals surface area contributed by atoms with Crippen molar-refractivity contribution >= 4 is 23.7 Å². The Bertz CT molecular complexity index is 720. The van der Waals surface area contributed by atoms with Crippen LogP contribution >= 0.6 is 0 Å². The van der Waals surface area contributed by atoms with E-state index in [1.54, 1.807) is 20.9 Å². The second kappa shape index (κ2) is 9.87. The molecule has 0 bridgehead atoms. The molecule has 2 atom stereocenters. The molecule has 0 radical (unpaired) electrons. The molecule has 0 aromatic heterocycles. The third kappa shape index (κ3) is 5.80. The maximum absolute atomic E-state index is 12.7. The van der Waals surface area contributed by atoms with Crippen molar-refractivity contribution in [2.24, 2.45) is 5.92 Å². The number of alkyl carbamates (subject to hydrolysis) is 1. The predicted octanol–water partition coefficient (Wildman–Crippen LogP) is 1.24. The normalized spacial score (nSPS) is 18.4. The molecule has 2 N–H and O–H groups in total. The van der Waals surface area contributed by atoms with Crippen LogP contribution in [0.15, 0.2) is 30.3 Å². The first-order valence-electron chi connectivity index (χ1n) is 9.36. The van der Waals surface area contributed by atoms with E-state index in [0.717, 1.165) is 5.56 Å².